The molecule has 1 aromatic carbocycles. The van der Waals surface area contributed by atoms with Crippen LogP contribution in [0.5, 0.6) is 0 Å². The number of urea groups is 1. The van der Waals surface area contributed by atoms with Crippen molar-refractivity contribution in [1.29, 1.82) is 0 Å². The summed E-state index contributed by atoms with van der Waals surface area (Å²) >= 11 is 10.2. The third-order valence-electron chi connectivity index (χ3n) is 2.16. The Bertz CT molecular complexity index is 409. The van der Waals surface area contributed by atoms with Crippen LogP contribution in [0, 0.1) is 0 Å². The van der Waals surface area contributed by atoms with E-state index in [1.165, 1.54) is 0 Å². The lowest BCUT2D eigenvalue weighted by Gasteiger charge is -2.10. The summed E-state index contributed by atoms with van der Waals surface area (Å²) in [5.41, 5.74) is 0.737. The Kier molecular flexibility index (Phi) is 3.92. The first-order valence-electron chi connectivity index (χ1n) is 4.78. The summed E-state index contributed by atoms with van der Waals surface area (Å²) in [4.78, 5) is 11.6. The van der Waals surface area contributed by atoms with Crippen LogP contribution in [0.25, 0.3) is 0 Å². The molecule has 0 aliphatic heterocycles. The molecule has 0 atom stereocenters. The Labute approximate surface area is 119 Å². The van der Waals surface area contributed by atoms with Crippen LogP contribution in [0.4, 0.5) is 10.5 Å². The molecule has 86 valence electrons. The van der Waals surface area contributed by atoms with Crippen LogP contribution in [0.3, 0.4) is 0 Å². The highest BCUT2D eigenvalue weighted by molar-refractivity contribution is 9.11. The molecule has 2 N–H and O–H groups in total. The number of hydrogen-bond donors (Lipinski definition) is 2. The lowest BCUT2D eigenvalue weighted by atomic mass is 10.3. The molecule has 0 aromatic heterocycles. The standard InChI is InChI=1S/C10H9Br3N2O/c11-5-3-7(12)9(8(13)4-5)15-10(16)14-6-1-2-6/h3-4,6H,1-2H2,(H2,14,15,16). The zero-order valence-electron chi connectivity index (χ0n) is 8.19. The summed E-state index contributed by atoms with van der Waals surface area (Å²) < 4.78 is 2.61. The molecule has 0 saturated heterocycles. The van der Waals surface area contributed by atoms with Crippen molar-refractivity contribution >= 4 is 59.5 Å². The Morgan fingerprint density at radius 1 is 1.19 bits per heavy atom. The molecule has 2 rings (SSSR count). The fourth-order valence-corrected chi connectivity index (χ4v) is 3.68. The van der Waals surface area contributed by atoms with Crippen LogP contribution in [-0.4, -0.2) is 12.1 Å². The molecule has 0 bridgehead atoms. The molecule has 0 unspecified atom stereocenters. The van der Waals surface area contributed by atoms with Gasteiger partial charge >= 0.3 is 6.03 Å². The first-order chi connectivity index (χ1) is 7.56. The summed E-state index contributed by atoms with van der Waals surface area (Å²) in [5.74, 6) is 0. The number of halogens is 3. The Balaban J connectivity index is 2.10. The van der Waals surface area contributed by atoms with Crippen LogP contribution < -0.4 is 10.6 Å². The SMILES string of the molecule is O=C(Nc1c(Br)cc(Br)cc1Br)NC1CC1. The van der Waals surface area contributed by atoms with Gasteiger partial charge < -0.3 is 10.6 Å². The fraction of sp³-hybridized carbons (Fsp3) is 0.300. The normalized spacial score (nSPS) is 14.7. The number of amides is 2. The lowest BCUT2D eigenvalue weighted by Crippen LogP contribution is -2.30. The highest BCUT2D eigenvalue weighted by atomic mass is 79.9. The number of rotatable bonds is 2. The van der Waals surface area contributed by atoms with Crippen LogP contribution in [0.2, 0.25) is 0 Å². The van der Waals surface area contributed by atoms with E-state index in [0.29, 0.717) is 6.04 Å². The van der Waals surface area contributed by atoms with E-state index in [-0.39, 0.29) is 6.03 Å². The maximum Gasteiger partial charge on any atom is 0.319 e. The predicted octanol–water partition coefficient (Wildman–Crippen LogP) is 4.26. The minimum atomic E-state index is -0.161. The average molecular weight is 413 g/mol. The Hall–Kier alpha value is -0.0700. The first kappa shape index (κ1) is 12.4. The number of anilines is 1. The van der Waals surface area contributed by atoms with Crippen LogP contribution in [0.15, 0.2) is 25.6 Å². The van der Waals surface area contributed by atoms with E-state index in [4.69, 9.17) is 0 Å². The van der Waals surface area contributed by atoms with Gasteiger partial charge in [-0.05, 0) is 56.8 Å². The molecule has 1 aliphatic carbocycles. The minimum absolute atomic E-state index is 0.161. The summed E-state index contributed by atoms with van der Waals surface area (Å²) in [6.07, 6.45) is 2.16. The van der Waals surface area contributed by atoms with Gasteiger partial charge in [0.05, 0.1) is 5.69 Å². The largest absolute Gasteiger partial charge is 0.335 e. The summed E-state index contributed by atoms with van der Waals surface area (Å²) in [6, 6.07) is 3.97. The average Bonchev–Trinajstić information content (AvgIpc) is 2.95. The van der Waals surface area contributed by atoms with E-state index in [1.807, 2.05) is 12.1 Å². The quantitative estimate of drug-likeness (QED) is 0.748. The van der Waals surface area contributed by atoms with Gasteiger partial charge in [-0.25, -0.2) is 4.79 Å². The molecule has 16 heavy (non-hydrogen) atoms. The van der Waals surface area contributed by atoms with Gasteiger partial charge in [-0.1, -0.05) is 15.9 Å². The van der Waals surface area contributed by atoms with Gasteiger partial charge in [-0.3, -0.25) is 0 Å². The third-order valence-corrected chi connectivity index (χ3v) is 3.87. The maximum absolute atomic E-state index is 11.6. The van der Waals surface area contributed by atoms with Gasteiger partial charge in [0.2, 0.25) is 0 Å². The van der Waals surface area contributed by atoms with Crippen LogP contribution >= 0.6 is 47.8 Å². The molecule has 1 fully saturated rings. The molecule has 1 saturated carbocycles. The van der Waals surface area contributed by atoms with Crippen LogP contribution in [0.1, 0.15) is 12.8 Å². The number of carbonyl (C=O) groups excluding carboxylic acids is 1. The van der Waals surface area contributed by atoms with Gasteiger partial charge in [0.25, 0.3) is 0 Å². The number of benzene rings is 1. The van der Waals surface area contributed by atoms with Crippen molar-refractivity contribution in [2.75, 3.05) is 5.32 Å². The molecule has 0 heterocycles. The van der Waals surface area contributed by atoms with Gasteiger partial charge in [0, 0.05) is 19.5 Å². The van der Waals surface area contributed by atoms with Gasteiger partial charge in [0.1, 0.15) is 0 Å². The first-order valence-corrected chi connectivity index (χ1v) is 7.16. The third kappa shape index (κ3) is 3.21. The second-order valence-electron chi connectivity index (χ2n) is 3.62. The monoisotopic (exact) mass is 410 g/mol. The second kappa shape index (κ2) is 5.06. The van der Waals surface area contributed by atoms with Crippen molar-refractivity contribution in [1.82, 2.24) is 5.32 Å². The van der Waals surface area contributed by atoms with E-state index in [2.05, 4.69) is 58.4 Å². The fourth-order valence-electron chi connectivity index (χ4n) is 1.22. The van der Waals surface area contributed by atoms with Gasteiger partial charge in [0.15, 0.2) is 0 Å². The molecule has 0 radical (unpaired) electrons. The van der Waals surface area contributed by atoms with E-state index in [0.717, 1.165) is 31.9 Å². The van der Waals surface area contributed by atoms with E-state index >= 15 is 0 Å². The zero-order chi connectivity index (χ0) is 11.7. The molecular formula is C10H9Br3N2O. The molecule has 0 spiro atoms. The highest BCUT2D eigenvalue weighted by Gasteiger charge is 2.23. The molecule has 6 heteroatoms. The Morgan fingerprint density at radius 3 is 2.25 bits per heavy atom. The van der Waals surface area contributed by atoms with Crippen LogP contribution in [-0.2, 0) is 0 Å². The Morgan fingerprint density at radius 2 is 1.75 bits per heavy atom. The van der Waals surface area contributed by atoms with Crippen molar-refractivity contribution in [3.05, 3.63) is 25.6 Å². The predicted molar refractivity (Wildman–Crippen MR) is 74.7 cm³/mol. The smallest absolute Gasteiger partial charge is 0.319 e. The number of carbonyl (C=O) groups is 1. The topological polar surface area (TPSA) is 41.1 Å². The molecule has 1 aliphatic rings. The van der Waals surface area contributed by atoms with E-state index < -0.39 is 0 Å². The van der Waals surface area contributed by atoms with Crippen molar-refractivity contribution in [3.8, 4) is 0 Å². The molecule has 3 nitrogen and oxygen atoms in total. The molecule has 2 amide bonds. The second-order valence-corrected chi connectivity index (χ2v) is 6.24. The van der Waals surface area contributed by atoms with E-state index in [1.54, 1.807) is 0 Å². The summed E-state index contributed by atoms with van der Waals surface area (Å²) in [5, 5.41) is 5.68. The van der Waals surface area contributed by atoms with Crippen molar-refractivity contribution in [2.24, 2.45) is 0 Å². The van der Waals surface area contributed by atoms with Crippen molar-refractivity contribution in [3.63, 3.8) is 0 Å². The number of hydrogen-bond acceptors (Lipinski definition) is 1. The minimum Gasteiger partial charge on any atom is -0.335 e. The summed E-state index contributed by atoms with van der Waals surface area (Å²) in [7, 11) is 0. The molecule has 1 aromatic rings. The highest BCUT2D eigenvalue weighted by Crippen LogP contribution is 2.34. The maximum atomic E-state index is 11.6. The summed E-state index contributed by atoms with van der Waals surface area (Å²) in [6.45, 7) is 0. The molecular weight excluding hydrogens is 404 g/mol. The number of nitrogens with one attached hydrogen (secondary N) is 2. The van der Waals surface area contributed by atoms with E-state index in [9.17, 15) is 4.79 Å². The van der Waals surface area contributed by atoms with Gasteiger partial charge in [-0.2, -0.15) is 0 Å². The lowest BCUT2D eigenvalue weighted by molar-refractivity contribution is 0.251. The van der Waals surface area contributed by atoms with Crippen molar-refractivity contribution in [2.45, 2.75) is 18.9 Å². The zero-order valence-corrected chi connectivity index (χ0v) is 12.9. The van der Waals surface area contributed by atoms with Gasteiger partial charge in [-0.15, -0.1) is 0 Å². The van der Waals surface area contributed by atoms with Crippen molar-refractivity contribution < 1.29 is 4.79 Å².